The van der Waals surface area contributed by atoms with E-state index in [0.717, 1.165) is 37.7 Å². The van der Waals surface area contributed by atoms with Crippen molar-refractivity contribution >= 4 is 11.9 Å². The van der Waals surface area contributed by atoms with E-state index in [2.05, 4.69) is 20.8 Å². The first kappa shape index (κ1) is 24.7. The van der Waals surface area contributed by atoms with Crippen molar-refractivity contribution in [3.05, 3.63) is 11.6 Å². The summed E-state index contributed by atoms with van der Waals surface area (Å²) in [5.74, 6) is 0.109. The molecule has 2 bridgehead atoms. The van der Waals surface area contributed by atoms with Crippen molar-refractivity contribution in [1.82, 2.24) is 0 Å². The standard InChI is InChI=1S/C27H42O6/c1-16(2)11-22(30)33-19-13-25(6)20(24(4,5)23(19)32-17(3)29)9-10-26-12-18(7-8-21(25)26)27(31,14-26)15-28/h11,18-21,23,28,31H,7-10,12-15H2,1-6H3/t18-,19-,20+,21-,23-,25+,26+,27+/m1/s1. The fourth-order valence-electron chi connectivity index (χ4n) is 9.05. The highest BCUT2D eigenvalue weighted by atomic mass is 16.6. The molecule has 0 radical (unpaired) electrons. The molecule has 0 amide bonds. The molecule has 4 rings (SSSR count). The summed E-state index contributed by atoms with van der Waals surface area (Å²) in [5, 5.41) is 21.2. The Hall–Kier alpha value is -1.40. The summed E-state index contributed by atoms with van der Waals surface area (Å²) >= 11 is 0. The maximum absolute atomic E-state index is 12.7. The first-order valence-corrected chi connectivity index (χ1v) is 12.6. The third-order valence-electron chi connectivity index (χ3n) is 9.99. The molecule has 4 aliphatic carbocycles. The van der Waals surface area contributed by atoms with Crippen molar-refractivity contribution in [3.63, 3.8) is 0 Å². The number of aliphatic hydroxyl groups excluding tert-OH is 1. The SMILES string of the molecule is CC(=O)O[C@@H]1[C@H](OC(=O)C=C(C)C)C[C@@]2(C)[C@@H](CC[C@@]34C[C@@H](CC[C@@H]32)[C@@](O)(CO)C4)C1(C)C. The largest absolute Gasteiger partial charge is 0.458 e. The van der Waals surface area contributed by atoms with Crippen molar-refractivity contribution < 1.29 is 29.3 Å². The second-order valence-corrected chi connectivity index (χ2v) is 12.7. The van der Waals surface area contributed by atoms with Gasteiger partial charge in [0.05, 0.1) is 12.2 Å². The molecule has 6 heteroatoms. The Labute approximate surface area is 198 Å². The van der Waals surface area contributed by atoms with Gasteiger partial charge in [0.15, 0.2) is 0 Å². The van der Waals surface area contributed by atoms with E-state index >= 15 is 0 Å². The number of fused-ring (bicyclic) bond motifs is 3. The number of esters is 2. The molecular formula is C27H42O6. The molecule has 33 heavy (non-hydrogen) atoms. The van der Waals surface area contributed by atoms with Gasteiger partial charge in [0.2, 0.25) is 0 Å². The fraction of sp³-hybridized carbons (Fsp3) is 0.852. The first-order chi connectivity index (χ1) is 15.3. The number of rotatable bonds is 4. The summed E-state index contributed by atoms with van der Waals surface area (Å²) in [6.07, 6.45) is 6.71. The first-order valence-electron chi connectivity index (χ1n) is 12.6. The normalized spacial score (nSPS) is 45.4. The Morgan fingerprint density at radius 3 is 2.30 bits per heavy atom. The van der Waals surface area contributed by atoms with E-state index in [4.69, 9.17) is 9.47 Å². The van der Waals surface area contributed by atoms with E-state index < -0.39 is 17.8 Å². The van der Waals surface area contributed by atoms with Crippen LogP contribution >= 0.6 is 0 Å². The van der Waals surface area contributed by atoms with Crippen molar-refractivity contribution in [2.24, 2.45) is 34.0 Å². The molecular weight excluding hydrogens is 420 g/mol. The molecule has 6 nitrogen and oxygen atoms in total. The molecule has 0 aromatic carbocycles. The molecule has 0 aromatic rings. The summed E-state index contributed by atoms with van der Waals surface area (Å²) in [5.41, 5.74) is -0.562. The van der Waals surface area contributed by atoms with Crippen molar-refractivity contribution in [2.45, 2.75) is 104 Å². The third-order valence-corrected chi connectivity index (χ3v) is 9.99. The number of carbonyl (C=O) groups is 2. The smallest absolute Gasteiger partial charge is 0.331 e. The Morgan fingerprint density at radius 2 is 1.70 bits per heavy atom. The lowest BCUT2D eigenvalue weighted by Crippen LogP contribution is -2.64. The minimum Gasteiger partial charge on any atom is -0.458 e. The zero-order valence-corrected chi connectivity index (χ0v) is 21.1. The van der Waals surface area contributed by atoms with Crippen LogP contribution in [0.2, 0.25) is 0 Å². The molecule has 0 aromatic heterocycles. The van der Waals surface area contributed by atoms with Crippen LogP contribution in [0.1, 0.15) is 86.5 Å². The lowest BCUT2D eigenvalue weighted by Gasteiger charge is -2.65. The average Bonchev–Trinajstić information content (AvgIpc) is 2.89. The molecule has 0 saturated heterocycles. The van der Waals surface area contributed by atoms with Crippen LogP contribution in [0.4, 0.5) is 0 Å². The zero-order valence-electron chi connectivity index (χ0n) is 21.1. The van der Waals surface area contributed by atoms with Gasteiger partial charge in [-0.2, -0.15) is 0 Å². The van der Waals surface area contributed by atoms with Crippen LogP contribution in [-0.2, 0) is 19.1 Å². The second-order valence-electron chi connectivity index (χ2n) is 12.7. The lowest BCUT2D eigenvalue weighted by molar-refractivity contribution is -0.234. The van der Waals surface area contributed by atoms with Gasteiger partial charge in [-0.1, -0.05) is 26.3 Å². The minimum absolute atomic E-state index is 0.0183. The summed E-state index contributed by atoms with van der Waals surface area (Å²) in [7, 11) is 0. The topological polar surface area (TPSA) is 93.1 Å². The number of hydrogen-bond acceptors (Lipinski definition) is 6. The van der Waals surface area contributed by atoms with Gasteiger partial charge in [-0.05, 0) is 87.4 Å². The third kappa shape index (κ3) is 3.85. The number of allylic oxidation sites excluding steroid dienone is 1. The molecule has 2 N–H and O–H groups in total. The van der Waals surface area contributed by atoms with E-state index in [1.807, 2.05) is 13.8 Å². The molecule has 186 valence electrons. The van der Waals surface area contributed by atoms with E-state index in [1.165, 1.54) is 13.0 Å². The summed E-state index contributed by atoms with van der Waals surface area (Å²) in [6.45, 7) is 11.6. The highest BCUT2D eigenvalue weighted by Crippen LogP contribution is 2.73. The van der Waals surface area contributed by atoms with Crippen LogP contribution in [0, 0.1) is 34.0 Å². The van der Waals surface area contributed by atoms with Crippen LogP contribution in [0.25, 0.3) is 0 Å². The van der Waals surface area contributed by atoms with Crippen molar-refractivity contribution in [3.8, 4) is 0 Å². The Morgan fingerprint density at radius 1 is 1.00 bits per heavy atom. The molecule has 8 atom stereocenters. The van der Waals surface area contributed by atoms with Gasteiger partial charge in [-0.15, -0.1) is 0 Å². The molecule has 0 unspecified atom stereocenters. The summed E-state index contributed by atoms with van der Waals surface area (Å²) in [6, 6.07) is 0. The monoisotopic (exact) mass is 462 g/mol. The zero-order chi connectivity index (χ0) is 24.4. The molecule has 0 heterocycles. The molecule has 4 aliphatic rings. The van der Waals surface area contributed by atoms with Crippen LogP contribution in [0.15, 0.2) is 11.6 Å². The van der Waals surface area contributed by atoms with Crippen LogP contribution in [0.5, 0.6) is 0 Å². The summed E-state index contributed by atoms with van der Waals surface area (Å²) < 4.78 is 11.9. The quantitative estimate of drug-likeness (QED) is 0.481. The Kier molecular flexibility index (Phi) is 6.05. The van der Waals surface area contributed by atoms with Gasteiger partial charge in [0.1, 0.15) is 12.2 Å². The predicted octanol–water partition coefficient (Wildman–Crippen LogP) is 4.17. The molecule has 4 saturated carbocycles. The van der Waals surface area contributed by atoms with Gasteiger partial charge in [-0.3, -0.25) is 4.79 Å². The van der Waals surface area contributed by atoms with E-state index in [1.54, 1.807) is 0 Å². The van der Waals surface area contributed by atoms with E-state index in [9.17, 15) is 19.8 Å². The number of hydrogen-bond donors (Lipinski definition) is 2. The van der Waals surface area contributed by atoms with Gasteiger partial charge in [-0.25, -0.2) is 4.79 Å². The van der Waals surface area contributed by atoms with Gasteiger partial charge >= 0.3 is 11.9 Å². The number of aliphatic hydroxyl groups is 2. The molecule has 0 aliphatic heterocycles. The summed E-state index contributed by atoms with van der Waals surface area (Å²) in [4.78, 5) is 24.7. The molecule has 1 spiro atoms. The van der Waals surface area contributed by atoms with Gasteiger partial charge in [0, 0.05) is 18.4 Å². The highest BCUT2D eigenvalue weighted by molar-refractivity contribution is 5.82. The van der Waals surface area contributed by atoms with Crippen LogP contribution in [0.3, 0.4) is 0 Å². The maximum atomic E-state index is 12.7. The number of carbonyl (C=O) groups excluding carboxylic acids is 2. The highest BCUT2D eigenvalue weighted by Gasteiger charge is 2.69. The average molecular weight is 463 g/mol. The predicted molar refractivity (Wildman–Crippen MR) is 124 cm³/mol. The fourth-order valence-corrected chi connectivity index (χ4v) is 9.05. The van der Waals surface area contributed by atoms with Gasteiger partial charge < -0.3 is 19.7 Å². The van der Waals surface area contributed by atoms with Crippen LogP contribution < -0.4 is 0 Å². The van der Waals surface area contributed by atoms with Crippen molar-refractivity contribution in [2.75, 3.05) is 6.61 Å². The van der Waals surface area contributed by atoms with Gasteiger partial charge in [0.25, 0.3) is 0 Å². The Balaban J connectivity index is 1.72. The van der Waals surface area contributed by atoms with E-state index in [-0.39, 0.29) is 40.7 Å². The lowest BCUT2D eigenvalue weighted by atomic mass is 9.40. The molecule has 4 fully saturated rings. The maximum Gasteiger partial charge on any atom is 0.331 e. The van der Waals surface area contributed by atoms with Crippen LogP contribution in [-0.4, -0.2) is 46.6 Å². The second kappa shape index (κ2) is 8.08. The van der Waals surface area contributed by atoms with Crippen molar-refractivity contribution in [1.29, 1.82) is 0 Å². The number of ether oxygens (including phenoxy) is 2. The Bertz CT molecular complexity index is 844. The van der Waals surface area contributed by atoms with E-state index in [0.29, 0.717) is 24.7 Å². The minimum atomic E-state index is -0.974.